The summed E-state index contributed by atoms with van der Waals surface area (Å²) in [6.45, 7) is 0. The fourth-order valence-electron chi connectivity index (χ4n) is 0.852. The third-order valence-electron chi connectivity index (χ3n) is 1.41. The molecule has 0 bridgehead atoms. The van der Waals surface area contributed by atoms with Crippen LogP contribution in [0.4, 0.5) is 0 Å². The molecule has 70 valence electrons. The van der Waals surface area contributed by atoms with E-state index in [9.17, 15) is 13.2 Å². The zero-order chi connectivity index (χ0) is 10.1. The third kappa shape index (κ3) is 2.03. The summed E-state index contributed by atoms with van der Waals surface area (Å²) in [4.78, 5) is 13.9. The van der Waals surface area contributed by atoms with Gasteiger partial charge in [-0.15, -0.1) is 0 Å². The SMILES string of the molecule is CS(=O)(=O)c1cnccc1C(=O)O. The molecule has 5 nitrogen and oxygen atoms in total. The van der Waals surface area contributed by atoms with E-state index < -0.39 is 15.8 Å². The predicted octanol–water partition coefficient (Wildman–Crippen LogP) is 0.183. The van der Waals surface area contributed by atoms with E-state index in [-0.39, 0.29) is 10.5 Å². The number of carboxylic acids is 1. The molecular weight excluding hydrogens is 194 g/mol. The molecule has 0 aliphatic carbocycles. The Kier molecular flexibility index (Phi) is 2.33. The highest BCUT2D eigenvalue weighted by atomic mass is 32.2. The first-order valence-electron chi connectivity index (χ1n) is 3.30. The molecule has 0 aliphatic rings. The lowest BCUT2D eigenvalue weighted by Gasteiger charge is -2.00. The number of hydrogen-bond acceptors (Lipinski definition) is 4. The maximum absolute atomic E-state index is 11.1. The maximum Gasteiger partial charge on any atom is 0.337 e. The summed E-state index contributed by atoms with van der Waals surface area (Å²) in [5.41, 5.74) is -0.252. The lowest BCUT2D eigenvalue weighted by atomic mass is 10.3. The van der Waals surface area contributed by atoms with Crippen molar-refractivity contribution in [3.8, 4) is 0 Å². The van der Waals surface area contributed by atoms with E-state index in [1.54, 1.807) is 0 Å². The molecule has 0 aliphatic heterocycles. The van der Waals surface area contributed by atoms with Crippen molar-refractivity contribution in [3.63, 3.8) is 0 Å². The van der Waals surface area contributed by atoms with Crippen LogP contribution in [-0.4, -0.2) is 30.7 Å². The standard InChI is InChI=1S/C7H7NO4S/c1-13(11,12)6-4-8-3-2-5(6)7(9)10/h2-4H,1H3,(H,9,10). The molecule has 0 fully saturated rings. The highest BCUT2D eigenvalue weighted by Crippen LogP contribution is 2.13. The van der Waals surface area contributed by atoms with Gasteiger partial charge in [0.05, 0.1) is 10.5 Å². The van der Waals surface area contributed by atoms with Crippen LogP contribution < -0.4 is 0 Å². The van der Waals surface area contributed by atoms with Crippen LogP contribution in [0.2, 0.25) is 0 Å². The Bertz CT molecular complexity index is 438. The van der Waals surface area contributed by atoms with Gasteiger partial charge in [0.1, 0.15) is 0 Å². The van der Waals surface area contributed by atoms with Crippen LogP contribution in [0.25, 0.3) is 0 Å². The Morgan fingerprint density at radius 1 is 1.54 bits per heavy atom. The summed E-state index contributed by atoms with van der Waals surface area (Å²) in [5, 5.41) is 8.64. The zero-order valence-corrected chi connectivity index (χ0v) is 7.58. The molecule has 0 aromatic carbocycles. The van der Waals surface area contributed by atoms with Crippen LogP contribution in [0.5, 0.6) is 0 Å². The Morgan fingerprint density at radius 3 is 2.54 bits per heavy atom. The maximum atomic E-state index is 11.1. The van der Waals surface area contributed by atoms with Crippen LogP contribution in [0.3, 0.4) is 0 Å². The smallest absolute Gasteiger partial charge is 0.337 e. The molecule has 1 aromatic rings. The van der Waals surface area contributed by atoms with Gasteiger partial charge in [0.2, 0.25) is 0 Å². The second kappa shape index (κ2) is 3.14. The van der Waals surface area contributed by atoms with Crippen LogP contribution in [-0.2, 0) is 9.84 Å². The summed E-state index contributed by atoms with van der Waals surface area (Å²) >= 11 is 0. The number of carboxylic acid groups (broad SMARTS) is 1. The molecule has 0 atom stereocenters. The number of carbonyl (C=O) groups is 1. The summed E-state index contributed by atoms with van der Waals surface area (Å²) in [6.07, 6.45) is 3.20. The van der Waals surface area contributed by atoms with Gasteiger partial charge in [0.25, 0.3) is 0 Å². The van der Waals surface area contributed by atoms with Crippen molar-refractivity contribution in [1.29, 1.82) is 0 Å². The van der Waals surface area contributed by atoms with E-state index in [4.69, 9.17) is 5.11 Å². The highest BCUT2D eigenvalue weighted by Gasteiger charge is 2.17. The van der Waals surface area contributed by atoms with Gasteiger partial charge in [0.15, 0.2) is 9.84 Å². The predicted molar refractivity (Wildman–Crippen MR) is 44.3 cm³/mol. The molecule has 0 unspecified atom stereocenters. The van der Waals surface area contributed by atoms with E-state index in [1.165, 1.54) is 6.20 Å². The van der Waals surface area contributed by atoms with Crippen molar-refractivity contribution in [2.24, 2.45) is 0 Å². The first kappa shape index (κ1) is 9.66. The van der Waals surface area contributed by atoms with Crippen molar-refractivity contribution in [2.45, 2.75) is 4.90 Å². The van der Waals surface area contributed by atoms with E-state index >= 15 is 0 Å². The minimum Gasteiger partial charge on any atom is -0.478 e. The fourth-order valence-corrected chi connectivity index (χ4v) is 1.66. The minimum absolute atomic E-state index is 0.252. The van der Waals surface area contributed by atoms with E-state index in [0.29, 0.717) is 0 Å². The summed E-state index contributed by atoms with van der Waals surface area (Å²) in [7, 11) is -3.52. The van der Waals surface area contributed by atoms with Crippen LogP contribution in [0.15, 0.2) is 23.4 Å². The lowest BCUT2D eigenvalue weighted by Crippen LogP contribution is -2.07. The molecular formula is C7H7NO4S. The molecule has 1 N–H and O–H groups in total. The Labute approximate surface area is 75.0 Å². The van der Waals surface area contributed by atoms with Gasteiger partial charge < -0.3 is 5.11 Å². The number of aromatic carboxylic acids is 1. The van der Waals surface area contributed by atoms with Gasteiger partial charge >= 0.3 is 5.97 Å². The average molecular weight is 201 g/mol. The summed E-state index contributed by atoms with van der Waals surface area (Å²) in [6, 6.07) is 1.15. The summed E-state index contributed by atoms with van der Waals surface area (Å²) < 4.78 is 22.1. The molecule has 1 aromatic heterocycles. The van der Waals surface area contributed by atoms with Gasteiger partial charge in [-0.1, -0.05) is 0 Å². The fraction of sp³-hybridized carbons (Fsp3) is 0.143. The van der Waals surface area contributed by atoms with Gasteiger partial charge in [-0.2, -0.15) is 0 Å². The number of sulfone groups is 1. The molecule has 0 saturated carbocycles. The molecule has 0 saturated heterocycles. The Morgan fingerprint density at radius 2 is 2.15 bits per heavy atom. The number of aromatic nitrogens is 1. The quantitative estimate of drug-likeness (QED) is 0.738. The Hall–Kier alpha value is -1.43. The summed E-state index contributed by atoms with van der Waals surface area (Å²) in [5.74, 6) is -1.28. The number of pyridine rings is 1. The van der Waals surface area contributed by atoms with E-state index in [2.05, 4.69) is 4.98 Å². The zero-order valence-electron chi connectivity index (χ0n) is 6.76. The van der Waals surface area contributed by atoms with Gasteiger partial charge in [0, 0.05) is 18.6 Å². The van der Waals surface area contributed by atoms with Gasteiger partial charge in [-0.25, -0.2) is 13.2 Å². The lowest BCUT2D eigenvalue weighted by molar-refractivity contribution is 0.0692. The normalized spacial score (nSPS) is 11.2. The van der Waals surface area contributed by atoms with E-state index in [1.807, 2.05) is 0 Å². The van der Waals surface area contributed by atoms with Crippen molar-refractivity contribution in [1.82, 2.24) is 4.98 Å². The molecule has 13 heavy (non-hydrogen) atoms. The molecule has 1 rings (SSSR count). The van der Waals surface area contributed by atoms with Crippen LogP contribution >= 0.6 is 0 Å². The third-order valence-corrected chi connectivity index (χ3v) is 2.54. The topological polar surface area (TPSA) is 84.3 Å². The minimum atomic E-state index is -3.52. The number of nitrogens with zero attached hydrogens (tertiary/aromatic N) is 1. The van der Waals surface area contributed by atoms with Crippen molar-refractivity contribution >= 4 is 15.8 Å². The molecule has 0 spiro atoms. The largest absolute Gasteiger partial charge is 0.478 e. The average Bonchev–Trinajstić information content (AvgIpc) is 2.03. The first-order chi connectivity index (χ1) is 5.93. The number of hydrogen-bond donors (Lipinski definition) is 1. The monoisotopic (exact) mass is 201 g/mol. The van der Waals surface area contributed by atoms with Crippen molar-refractivity contribution in [2.75, 3.05) is 6.26 Å². The van der Waals surface area contributed by atoms with Crippen LogP contribution in [0.1, 0.15) is 10.4 Å². The molecule has 0 amide bonds. The van der Waals surface area contributed by atoms with Gasteiger partial charge in [-0.3, -0.25) is 4.98 Å². The second-order valence-corrected chi connectivity index (χ2v) is 4.43. The van der Waals surface area contributed by atoms with Crippen LogP contribution in [0, 0.1) is 0 Å². The molecule has 1 heterocycles. The Balaban J connectivity index is 3.46. The van der Waals surface area contributed by atoms with E-state index in [0.717, 1.165) is 18.5 Å². The second-order valence-electron chi connectivity index (χ2n) is 2.45. The number of rotatable bonds is 2. The van der Waals surface area contributed by atoms with Gasteiger partial charge in [-0.05, 0) is 6.07 Å². The molecule has 6 heteroatoms. The van der Waals surface area contributed by atoms with Crippen molar-refractivity contribution in [3.05, 3.63) is 24.0 Å². The molecule has 0 radical (unpaired) electrons. The highest BCUT2D eigenvalue weighted by molar-refractivity contribution is 7.90. The first-order valence-corrected chi connectivity index (χ1v) is 5.19. The van der Waals surface area contributed by atoms with Crippen molar-refractivity contribution < 1.29 is 18.3 Å².